The molecule has 0 saturated carbocycles. The van der Waals surface area contributed by atoms with Crippen LogP contribution in [0.15, 0.2) is 113 Å². The van der Waals surface area contributed by atoms with Gasteiger partial charge in [0.25, 0.3) is 11.8 Å². The van der Waals surface area contributed by atoms with Crippen molar-refractivity contribution in [2.75, 3.05) is 4.90 Å². The third-order valence-electron chi connectivity index (χ3n) is 6.19. The van der Waals surface area contributed by atoms with Crippen LogP contribution in [0, 0.1) is 0 Å². The summed E-state index contributed by atoms with van der Waals surface area (Å²) in [5.74, 6) is -0.138. The molecule has 3 aromatic carbocycles. The summed E-state index contributed by atoms with van der Waals surface area (Å²) in [5, 5.41) is 3.76. The highest BCUT2D eigenvalue weighted by Crippen LogP contribution is 2.30. The Hall–Kier alpha value is -4.91. The first-order chi connectivity index (χ1) is 17.7. The van der Waals surface area contributed by atoms with E-state index in [0.29, 0.717) is 22.9 Å². The summed E-state index contributed by atoms with van der Waals surface area (Å²) < 4.78 is 5.55. The molecule has 2 N–H and O–H groups in total. The highest BCUT2D eigenvalue weighted by atomic mass is 16.3. The van der Waals surface area contributed by atoms with Crippen molar-refractivity contribution in [1.82, 2.24) is 10.3 Å². The molecule has 5 aromatic rings. The van der Waals surface area contributed by atoms with E-state index in [-0.39, 0.29) is 12.5 Å². The van der Waals surface area contributed by atoms with Crippen LogP contribution in [-0.2, 0) is 11.3 Å². The lowest BCUT2D eigenvalue weighted by molar-refractivity contribution is -0.120. The van der Waals surface area contributed by atoms with Gasteiger partial charge in [-0.05, 0) is 30.3 Å². The molecule has 1 aliphatic rings. The lowest BCUT2D eigenvalue weighted by Gasteiger charge is -2.24. The van der Waals surface area contributed by atoms with Crippen molar-refractivity contribution in [2.24, 2.45) is 4.99 Å². The van der Waals surface area contributed by atoms with Gasteiger partial charge in [0.05, 0.1) is 24.2 Å². The molecule has 2 aromatic heterocycles. The second-order valence-electron chi connectivity index (χ2n) is 8.51. The van der Waals surface area contributed by atoms with Crippen LogP contribution >= 0.6 is 0 Å². The maximum absolute atomic E-state index is 13.9. The van der Waals surface area contributed by atoms with Gasteiger partial charge in [-0.2, -0.15) is 0 Å². The number of nitrogens with zero attached hydrogens (tertiary/aromatic N) is 2. The predicted octanol–water partition coefficient (Wildman–Crippen LogP) is 4.90. The molecule has 7 nitrogen and oxygen atoms in total. The van der Waals surface area contributed by atoms with Gasteiger partial charge in [-0.25, -0.2) is 4.99 Å². The van der Waals surface area contributed by atoms with E-state index in [1.54, 1.807) is 23.3 Å². The Balaban J connectivity index is 1.44. The van der Waals surface area contributed by atoms with Gasteiger partial charge in [-0.1, -0.05) is 66.7 Å². The Morgan fingerprint density at radius 1 is 0.944 bits per heavy atom. The van der Waals surface area contributed by atoms with Crippen molar-refractivity contribution in [2.45, 2.75) is 12.7 Å². The quantitative estimate of drug-likeness (QED) is 0.380. The van der Waals surface area contributed by atoms with Crippen molar-refractivity contribution in [3.63, 3.8) is 0 Å². The van der Waals surface area contributed by atoms with E-state index >= 15 is 0 Å². The van der Waals surface area contributed by atoms with Crippen molar-refractivity contribution in [3.8, 4) is 0 Å². The number of benzene rings is 3. The number of rotatable bonds is 5. The molecule has 176 valence electrons. The number of carbonyl (C=O) groups excluding carboxylic acids is 2. The SMILES string of the molecule is O=C(N[C@H]1N=C(c2ccccc2)c2ccccc2N(Cc2ccco2)C1=O)c1cc2ccccc2[nH]1. The van der Waals surface area contributed by atoms with Crippen LogP contribution < -0.4 is 10.2 Å². The van der Waals surface area contributed by atoms with E-state index in [2.05, 4.69) is 10.3 Å². The zero-order valence-corrected chi connectivity index (χ0v) is 19.2. The zero-order chi connectivity index (χ0) is 24.5. The van der Waals surface area contributed by atoms with Gasteiger partial charge in [0.1, 0.15) is 11.5 Å². The molecule has 0 saturated heterocycles. The van der Waals surface area contributed by atoms with Crippen LogP contribution in [0.2, 0.25) is 0 Å². The fraction of sp³-hybridized carbons (Fsp3) is 0.0690. The van der Waals surface area contributed by atoms with Crippen LogP contribution in [0.5, 0.6) is 0 Å². The highest BCUT2D eigenvalue weighted by Gasteiger charge is 2.33. The molecule has 7 heteroatoms. The van der Waals surface area contributed by atoms with E-state index in [1.807, 2.05) is 84.9 Å². The number of hydrogen-bond donors (Lipinski definition) is 2. The third-order valence-corrected chi connectivity index (χ3v) is 6.19. The summed E-state index contributed by atoms with van der Waals surface area (Å²) >= 11 is 0. The van der Waals surface area contributed by atoms with Gasteiger partial charge >= 0.3 is 0 Å². The summed E-state index contributed by atoms with van der Waals surface area (Å²) in [6.07, 6.45) is 0.436. The first-order valence-electron chi connectivity index (χ1n) is 11.6. The van der Waals surface area contributed by atoms with Crippen LogP contribution in [0.4, 0.5) is 5.69 Å². The second kappa shape index (κ2) is 9.03. The van der Waals surface area contributed by atoms with Crippen LogP contribution in [-0.4, -0.2) is 28.7 Å². The number of para-hydroxylation sites is 2. The Morgan fingerprint density at radius 2 is 1.72 bits per heavy atom. The Labute approximate surface area is 207 Å². The minimum atomic E-state index is -1.14. The molecule has 3 heterocycles. The first-order valence-corrected chi connectivity index (χ1v) is 11.6. The number of hydrogen-bond acceptors (Lipinski definition) is 4. The molecule has 0 radical (unpaired) electrons. The Morgan fingerprint density at radius 3 is 2.53 bits per heavy atom. The second-order valence-corrected chi connectivity index (χ2v) is 8.51. The summed E-state index contributed by atoms with van der Waals surface area (Å²) in [4.78, 5) is 36.7. The van der Waals surface area contributed by atoms with Crippen molar-refractivity contribution in [1.29, 1.82) is 0 Å². The monoisotopic (exact) mass is 474 g/mol. The summed E-state index contributed by atoms with van der Waals surface area (Å²) in [6.45, 7) is 0.208. The van der Waals surface area contributed by atoms with Gasteiger partial charge < -0.3 is 19.6 Å². The number of furan rings is 1. The normalized spacial score (nSPS) is 15.3. The number of H-pyrrole nitrogens is 1. The van der Waals surface area contributed by atoms with E-state index in [4.69, 9.17) is 9.41 Å². The maximum atomic E-state index is 13.9. The Kier molecular flexibility index (Phi) is 5.42. The molecule has 1 aliphatic heterocycles. The van der Waals surface area contributed by atoms with Gasteiger partial charge in [-0.15, -0.1) is 0 Å². The van der Waals surface area contributed by atoms with Gasteiger partial charge in [0.2, 0.25) is 6.17 Å². The lowest BCUT2D eigenvalue weighted by Crippen LogP contribution is -2.47. The third kappa shape index (κ3) is 3.96. The largest absolute Gasteiger partial charge is 0.467 e. The topological polar surface area (TPSA) is 90.7 Å². The van der Waals surface area contributed by atoms with Gasteiger partial charge in [-0.3, -0.25) is 9.59 Å². The van der Waals surface area contributed by atoms with Crippen molar-refractivity contribution in [3.05, 3.63) is 126 Å². The molecule has 0 unspecified atom stereocenters. The molecule has 0 bridgehead atoms. The van der Waals surface area contributed by atoms with Crippen LogP contribution in [0.1, 0.15) is 27.4 Å². The van der Waals surface area contributed by atoms with Crippen molar-refractivity contribution >= 4 is 34.1 Å². The maximum Gasteiger partial charge on any atom is 0.272 e. The van der Waals surface area contributed by atoms with E-state index in [9.17, 15) is 9.59 Å². The van der Waals surface area contributed by atoms with Crippen LogP contribution in [0.25, 0.3) is 10.9 Å². The number of nitrogens with one attached hydrogen (secondary N) is 2. The summed E-state index contributed by atoms with van der Waals surface area (Å²) in [6, 6.07) is 30.3. The number of amides is 2. The standard InChI is InChI=1S/C29H22N4O3/c34-28(24-17-20-11-4-6-14-23(20)30-24)32-27-29(35)33(18-21-12-8-16-36-21)25-15-7-5-13-22(25)26(31-27)19-9-2-1-3-10-19/h1-17,27,30H,18H2,(H,32,34)/t27-/m1/s1. The number of carbonyl (C=O) groups is 2. The molecule has 0 fully saturated rings. The molecule has 1 atom stereocenters. The minimum Gasteiger partial charge on any atom is -0.467 e. The summed E-state index contributed by atoms with van der Waals surface area (Å²) in [5.41, 5.74) is 4.18. The molecule has 0 spiro atoms. The van der Waals surface area contributed by atoms with Gasteiger partial charge in [0, 0.05) is 22.0 Å². The Bertz CT molecular complexity index is 1550. The smallest absolute Gasteiger partial charge is 0.272 e. The molecule has 2 amide bonds. The zero-order valence-electron chi connectivity index (χ0n) is 19.2. The number of aromatic amines is 1. The number of benzodiazepines with no additional fused rings is 1. The summed E-state index contributed by atoms with van der Waals surface area (Å²) in [7, 11) is 0. The first kappa shape index (κ1) is 21.6. The number of anilines is 1. The fourth-order valence-electron chi connectivity index (χ4n) is 4.47. The molecular formula is C29H22N4O3. The van der Waals surface area contributed by atoms with Crippen molar-refractivity contribution < 1.29 is 14.0 Å². The number of aromatic nitrogens is 1. The number of aliphatic imine (C=N–C) groups is 1. The predicted molar refractivity (Wildman–Crippen MR) is 138 cm³/mol. The van der Waals surface area contributed by atoms with E-state index < -0.39 is 12.1 Å². The molecule has 0 aliphatic carbocycles. The minimum absolute atomic E-state index is 0.208. The average molecular weight is 475 g/mol. The van der Waals surface area contributed by atoms with Gasteiger partial charge in [0.15, 0.2) is 0 Å². The highest BCUT2D eigenvalue weighted by molar-refractivity contribution is 6.20. The molecule has 6 rings (SSSR count). The molecular weight excluding hydrogens is 452 g/mol. The molecule has 36 heavy (non-hydrogen) atoms. The fourth-order valence-corrected chi connectivity index (χ4v) is 4.47. The van der Waals surface area contributed by atoms with E-state index in [1.165, 1.54) is 0 Å². The average Bonchev–Trinajstić information content (AvgIpc) is 3.58. The number of fused-ring (bicyclic) bond motifs is 2. The van der Waals surface area contributed by atoms with E-state index in [0.717, 1.165) is 22.0 Å². The van der Waals surface area contributed by atoms with Crippen LogP contribution in [0.3, 0.4) is 0 Å². The lowest BCUT2D eigenvalue weighted by atomic mass is 10.0.